The maximum atomic E-state index is 13.2. The summed E-state index contributed by atoms with van der Waals surface area (Å²) in [6, 6.07) is 0. The van der Waals surface area contributed by atoms with Crippen molar-refractivity contribution in [1.82, 2.24) is 0 Å². The van der Waals surface area contributed by atoms with Crippen LogP contribution in [0, 0.1) is 0 Å². The average molecular weight is 246 g/mol. The van der Waals surface area contributed by atoms with E-state index in [1.165, 1.54) is 32.1 Å². The molecule has 0 N–H and O–H groups in total. The Morgan fingerprint density at radius 1 is 1.00 bits per heavy atom. The lowest BCUT2D eigenvalue weighted by Crippen LogP contribution is -2.18. The third-order valence-corrected chi connectivity index (χ3v) is 2.85. The van der Waals surface area contributed by atoms with E-state index < -0.39 is 12.1 Å². The molecule has 1 atom stereocenters. The molecule has 1 unspecified atom stereocenters. The van der Waals surface area contributed by atoms with Gasteiger partial charge in [0.15, 0.2) is 6.17 Å². The minimum Gasteiger partial charge on any atom is -0.464 e. The fourth-order valence-electron chi connectivity index (χ4n) is 1.81. The first-order valence-corrected chi connectivity index (χ1v) is 7.03. The molecule has 0 amide bonds. The van der Waals surface area contributed by atoms with E-state index in [0.29, 0.717) is 6.42 Å². The van der Waals surface area contributed by atoms with Gasteiger partial charge in [0.05, 0.1) is 6.61 Å². The van der Waals surface area contributed by atoms with E-state index in [1.807, 2.05) is 0 Å². The normalized spacial score (nSPS) is 12.4. The molecule has 0 aliphatic rings. The largest absolute Gasteiger partial charge is 0.464 e. The fourth-order valence-corrected chi connectivity index (χ4v) is 1.81. The van der Waals surface area contributed by atoms with Gasteiger partial charge in [-0.25, -0.2) is 9.18 Å². The molecule has 3 heteroatoms. The van der Waals surface area contributed by atoms with Gasteiger partial charge in [0.25, 0.3) is 0 Å². The van der Waals surface area contributed by atoms with Gasteiger partial charge in [0, 0.05) is 0 Å². The molecule has 0 aromatic rings. The van der Waals surface area contributed by atoms with Gasteiger partial charge in [-0.05, 0) is 19.8 Å². The second-order valence-corrected chi connectivity index (χ2v) is 4.48. The molecule has 0 saturated carbocycles. The molecular weight excluding hydrogens is 219 g/mol. The predicted octanol–water partition coefficient (Wildman–Crippen LogP) is 4.42. The van der Waals surface area contributed by atoms with Crippen LogP contribution in [0.5, 0.6) is 0 Å². The van der Waals surface area contributed by atoms with Crippen molar-refractivity contribution in [2.24, 2.45) is 0 Å². The maximum Gasteiger partial charge on any atom is 0.340 e. The van der Waals surface area contributed by atoms with Gasteiger partial charge in [0.2, 0.25) is 0 Å². The molecule has 2 nitrogen and oxygen atoms in total. The van der Waals surface area contributed by atoms with E-state index in [-0.39, 0.29) is 6.61 Å². The van der Waals surface area contributed by atoms with Crippen molar-refractivity contribution in [1.29, 1.82) is 0 Å². The summed E-state index contributed by atoms with van der Waals surface area (Å²) in [5, 5.41) is 0. The van der Waals surface area contributed by atoms with Crippen LogP contribution < -0.4 is 0 Å². The number of alkyl halides is 1. The molecule has 0 saturated heterocycles. The number of carbonyl (C=O) groups is 1. The summed E-state index contributed by atoms with van der Waals surface area (Å²) in [6.45, 7) is 4.16. The molecule has 0 spiro atoms. The van der Waals surface area contributed by atoms with Crippen LogP contribution in [0.25, 0.3) is 0 Å². The highest BCUT2D eigenvalue weighted by atomic mass is 19.1. The third kappa shape index (κ3) is 10.3. The first-order chi connectivity index (χ1) is 8.22. The van der Waals surface area contributed by atoms with E-state index in [1.54, 1.807) is 6.92 Å². The van der Waals surface area contributed by atoms with Gasteiger partial charge >= 0.3 is 5.97 Å². The number of carbonyl (C=O) groups excluding carboxylic acids is 1. The van der Waals surface area contributed by atoms with E-state index in [9.17, 15) is 9.18 Å². The molecule has 0 aliphatic carbocycles. The number of halogens is 1. The Bertz CT molecular complexity index is 183. The van der Waals surface area contributed by atoms with E-state index in [0.717, 1.165) is 19.3 Å². The van der Waals surface area contributed by atoms with Crippen LogP contribution in [-0.4, -0.2) is 18.7 Å². The lowest BCUT2D eigenvalue weighted by molar-refractivity contribution is -0.149. The van der Waals surface area contributed by atoms with Crippen molar-refractivity contribution in [3.63, 3.8) is 0 Å². The molecular formula is C14H27FO2. The third-order valence-electron chi connectivity index (χ3n) is 2.85. The summed E-state index contributed by atoms with van der Waals surface area (Å²) in [4.78, 5) is 11.0. The van der Waals surface area contributed by atoms with Crippen molar-refractivity contribution >= 4 is 5.97 Å². The summed E-state index contributed by atoms with van der Waals surface area (Å²) in [5.41, 5.74) is 0. The number of rotatable bonds is 11. The maximum absolute atomic E-state index is 13.2. The molecule has 0 heterocycles. The molecule has 102 valence electrons. The van der Waals surface area contributed by atoms with E-state index in [4.69, 9.17) is 0 Å². The lowest BCUT2D eigenvalue weighted by Gasteiger charge is -2.07. The van der Waals surface area contributed by atoms with Crippen LogP contribution in [0.1, 0.15) is 71.6 Å². The van der Waals surface area contributed by atoms with Gasteiger partial charge in [-0.2, -0.15) is 0 Å². The van der Waals surface area contributed by atoms with Crippen molar-refractivity contribution in [3.8, 4) is 0 Å². The zero-order valence-corrected chi connectivity index (χ0v) is 11.3. The molecule has 0 aromatic heterocycles. The molecule has 0 bridgehead atoms. The Hall–Kier alpha value is -0.600. The van der Waals surface area contributed by atoms with Gasteiger partial charge in [-0.1, -0.05) is 51.9 Å². The first-order valence-electron chi connectivity index (χ1n) is 7.03. The van der Waals surface area contributed by atoms with Crippen LogP contribution in [0.3, 0.4) is 0 Å². The molecule has 0 fully saturated rings. The Balaban J connectivity index is 3.24. The monoisotopic (exact) mass is 246 g/mol. The summed E-state index contributed by atoms with van der Waals surface area (Å²) in [7, 11) is 0. The quantitative estimate of drug-likeness (QED) is 0.398. The summed E-state index contributed by atoms with van der Waals surface area (Å²) < 4.78 is 17.8. The molecule has 0 aliphatic heterocycles. The summed E-state index contributed by atoms with van der Waals surface area (Å²) in [6.07, 6.45) is 8.26. The number of ether oxygens (including phenoxy) is 1. The topological polar surface area (TPSA) is 26.3 Å². The highest BCUT2D eigenvalue weighted by molar-refractivity contribution is 5.74. The highest BCUT2D eigenvalue weighted by Gasteiger charge is 2.17. The number of unbranched alkanes of at least 4 members (excludes halogenated alkanes) is 7. The van der Waals surface area contributed by atoms with Gasteiger partial charge in [0.1, 0.15) is 0 Å². The Kier molecular flexibility index (Phi) is 11.5. The summed E-state index contributed by atoms with van der Waals surface area (Å²) in [5.74, 6) is -0.699. The predicted molar refractivity (Wildman–Crippen MR) is 68.8 cm³/mol. The minimum atomic E-state index is -1.42. The average Bonchev–Trinajstić information content (AvgIpc) is 2.32. The summed E-state index contributed by atoms with van der Waals surface area (Å²) >= 11 is 0. The van der Waals surface area contributed by atoms with Crippen molar-refractivity contribution in [2.45, 2.75) is 77.8 Å². The second kappa shape index (κ2) is 11.9. The fraction of sp³-hybridized carbons (Fsp3) is 0.929. The minimum absolute atomic E-state index is 0.261. The van der Waals surface area contributed by atoms with Crippen LogP contribution in [0.15, 0.2) is 0 Å². The zero-order chi connectivity index (χ0) is 12.9. The standard InChI is InChI=1S/C14H27FO2/c1-3-5-6-7-8-9-10-11-12-13(15)14(16)17-4-2/h13H,3-12H2,1-2H3. The van der Waals surface area contributed by atoms with Crippen molar-refractivity contribution in [2.75, 3.05) is 6.61 Å². The number of hydrogen-bond donors (Lipinski definition) is 0. The van der Waals surface area contributed by atoms with Crippen LogP contribution in [0.2, 0.25) is 0 Å². The second-order valence-electron chi connectivity index (χ2n) is 4.48. The van der Waals surface area contributed by atoms with Gasteiger partial charge < -0.3 is 4.74 Å². The Morgan fingerprint density at radius 2 is 1.53 bits per heavy atom. The van der Waals surface area contributed by atoms with Crippen LogP contribution >= 0.6 is 0 Å². The van der Waals surface area contributed by atoms with Crippen LogP contribution in [0.4, 0.5) is 4.39 Å². The van der Waals surface area contributed by atoms with Gasteiger partial charge in [-0.15, -0.1) is 0 Å². The molecule has 17 heavy (non-hydrogen) atoms. The van der Waals surface area contributed by atoms with Gasteiger partial charge in [-0.3, -0.25) is 0 Å². The smallest absolute Gasteiger partial charge is 0.340 e. The zero-order valence-electron chi connectivity index (χ0n) is 11.3. The number of esters is 1. The molecule has 0 rings (SSSR count). The molecule has 0 aromatic carbocycles. The SMILES string of the molecule is CCCCCCCCCCC(F)C(=O)OCC. The van der Waals surface area contributed by atoms with Crippen molar-refractivity contribution in [3.05, 3.63) is 0 Å². The first kappa shape index (κ1) is 16.4. The Morgan fingerprint density at radius 3 is 2.06 bits per heavy atom. The number of hydrogen-bond acceptors (Lipinski definition) is 2. The molecule has 0 radical (unpaired) electrons. The van der Waals surface area contributed by atoms with E-state index >= 15 is 0 Å². The highest BCUT2D eigenvalue weighted by Crippen LogP contribution is 2.12. The Labute approximate surface area is 105 Å². The van der Waals surface area contributed by atoms with E-state index in [2.05, 4.69) is 11.7 Å². The van der Waals surface area contributed by atoms with Crippen molar-refractivity contribution < 1.29 is 13.9 Å². The lowest BCUT2D eigenvalue weighted by atomic mass is 10.1. The van der Waals surface area contributed by atoms with Crippen LogP contribution in [-0.2, 0) is 9.53 Å².